The molecular weight excluding hydrogens is 344 g/mol. The molecule has 2 aromatic rings. The van der Waals surface area contributed by atoms with Crippen LogP contribution in [-0.2, 0) is 13.6 Å². The molecule has 2 fully saturated rings. The molecule has 0 N–H and O–H groups in total. The molecule has 3 heterocycles. The highest BCUT2D eigenvalue weighted by molar-refractivity contribution is 5.95. The van der Waals surface area contributed by atoms with Crippen LogP contribution in [0.3, 0.4) is 0 Å². The minimum atomic E-state index is -0.101. The summed E-state index contributed by atoms with van der Waals surface area (Å²) in [5.41, 5.74) is 1.23. The molecule has 0 bridgehead atoms. The molecule has 1 atom stereocenters. The number of amides is 1. The van der Waals surface area contributed by atoms with E-state index in [1.54, 1.807) is 17.8 Å². The third-order valence-corrected chi connectivity index (χ3v) is 5.60. The maximum atomic E-state index is 13.1. The molecule has 27 heavy (non-hydrogen) atoms. The normalized spacial score (nSPS) is 20.1. The second-order valence-electron chi connectivity index (χ2n) is 7.60. The topological polar surface area (TPSA) is 85.9 Å². The van der Waals surface area contributed by atoms with E-state index in [1.807, 2.05) is 18.7 Å². The van der Waals surface area contributed by atoms with E-state index < -0.39 is 0 Å². The van der Waals surface area contributed by atoms with Gasteiger partial charge < -0.3 is 4.90 Å². The average molecular weight is 370 g/mol. The molecule has 2 aliphatic rings. The first kappa shape index (κ1) is 17.9. The summed E-state index contributed by atoms with van der Waals surface area (Å²) in [5, 5.41) is 4.43. The van der Waals surface area contributed by atoms with Crippen molar-refractivity contribution in [1.29, 1.82) is 0 Å². The molecule has 0 spiro atoms. The summed E-state index contributed by atoms with van der Waals surface area (Å²) in [6.45, 7) is 5.69. The third kappa shape index (κ3) is 3.28. The highest BCUT2D eigenvalue weighted by Gasteiger charge is 2.31. The van der Waals surface area contributed by atoms with Gasteiger partial charge in [0, 0.05) is 44.7 Å². The fraction of sp³-hybridized carbons (Fsp3) is 0.632. The van der Waals surface area contributed by atoms with Crippen LogP contribution in [0.4, 0.5) is 0 Å². The lowest BCUT2D eigenvalue weighted by atomic mass is 9.96. The Morgan fingerprint density at radius 2 is 2.04 bits per heavy atom. The minimum absolute atomic E-state index is 0.0270. The monoisotopic (exact) mass is 370 g/mol. The van der Waals surface area contributed by atoms with Crippen LogP contribution in [0.2, 0.25) is 0 Å². The van der Waals surface area contributed by atoms with Crippen LogP contribution < -0.4 is 5.69 Å². The maximum absolute atomic E-state index is 13.1. The van der Waals surface area contributed by atoms with Crippen LogP contribution in [0.5, 0.6) is 0 Å². The van der Waals surface area contributed by atoms with Crippen LogP contribution >= 0.6 is 0 Å². The van der Waals surface area contributed by atoms with Crippen LogP contribution in [0.1, 0.15) is 72.1 Å². The van der Waals surface area contributed by atoms with E-state index in [4.69, 9.17) is 0 Å². The lowest BCUT2D eigenvalue weighted by Gasteiger charge is -2.32. The number of aryl methyl sites for hydroxylation is 2. The zero-order valence-electron chi connectivity index (χ0n) is 16.2. The molecule has 1 aliphatic heterocycles. The molecule has 1 amide bonds. The number of piperidine rings is 1. The van der Waals surface area contributed by atoms with Crippen LogP contribution in [0.25, 0.3) is 0 Å². The lowest BCUT2D eigenvalue weighted by Crippen LogP contribution is -2.40. The van der Waals surface area contributed by atoms with Gasteiger partial charge in [0.15, 0.2) is 0 Å². The maximum Gasteiger partial charge on any atom is 0.345 e. The number of carbonyl (C=O) groups is 1. The summed E-state index contributed by atoms with van der Waals surface area (Å²) in [6.07, 6.45) is 5.79. The Kier molecular flexibility index (Phi) is 4.57. The van der Waals surface area contributed by atoms with Crippen molar-refractivity contribution in [3.05, 3.63) is 39.6 Å². The summed E-state index contributed by atoms with van der Waals surface area (Å²) in [5.74, 6) is 2.16. The van der Waals surface area contributed by atoms with Crippen molar-refractivity contribution in [2.24, 2.45) is 7.05 Å². The van der Waals surface area contributed by atoms with Gasteiger partial charge in [-0.3, -0.25) is 9.36 Å². The van der Waals surface area contributed by atoms with E-state index in [0.29, 0.717) is 31.1 Å². The first-order valence-corrected chi connectivity index (χ1v) is 9.76. The first-order chi connectivity index (χ1) is 13.0. The van der Waals surface area contributed by atoms with Crippen LogP contribution in [-0.4, -0.2) is 48.2 Å². The predicted octanol–water partition coefficient (Wildman–Crippen LogP) is 1.60. The number of carbonyl (C=O) groups excluding carboxylic acids is 1. The smallest absolute Gasteiger partial charge is 0.338 e. The third-order valence-electron chi connectivity index (χ3n) is 5.60. The van der Waals surface area contributed by atoms with Crippen LogP contribution in [0.15, 0.2) is 11.0 Å². The molecule has 0 unspecified atom stereocenters. The Bertz CT molecular complexity index is 927. The van der Waals surface area contributed by atoms with Gasteiger partial charge in [-0.05, 0) is 39.5 Å². The second-order valence-corrected chi connectivity index (χ2v) is 7.60. The van der Waals surface area contributed by atoms with Crippen molar-refractivity contribution in [1.82, 2.24) is 29.2 Å². The fourth-order valence-corrected chi connectivity index (χ4v) is 3.90. The van der Waals surface area contributed by atoms with E-state index in [-0.39, 0.29) is 17.5 Å². The quantitative estimate of drug-likeness (QED) is 0.816. The molecule has 4 rings (SSSR count). The van der Waals surface area contributed by atoms with Gasteiger partial charge in [-0.25, -0.2) is 19.4 Å². The molecule has 2 aromatic heterocycles. The Hall–Kier alpha value is -2.51. The zero-order valence-corrected chi connectivity index (χ0v) is 16.2. The van der Waals surface area contributed by atoms with Gasteiger partial charge in [-0.15, -0.1) is 0 Å². The molecule has 8 nitrogen and oxygen atoms in total. The fourth-order valence-electron chi connectivity index (χ4n) is 3.90. The Morgan fingerprint density at radius 3 is 2.70 bits per heavy atom. The SMILES string of the molecule is CCn1c([C@H]2CCCN(C(=O)c3cnc(C4CC4)nc3C)C2)nn(C)c1=O. The van der Waals surface area contributed by atoms with Crippen molar-refractivity contribution in [2.75, 3.05) is 13.1 Å². The highest BCUT2D eigenvalue weighted by atomic mass is 16.2. The van der Waals surface area contributed by atoms with Gasteiger partial charge in [0.2, 0.25) is 0 Å². The molecule has 144 valence electrons. The lowest BCUT2D eigenvalue weighted by molar-refractivity contribution is 0.0701. The van der Waals surface area contributed by atoms with Gasteiger partial charge in [0.25, 0.3) is 5.91 Å². The van der Waals surface area contributed by atoms with Crippen molar-refractivity contribution < 1.29 is 4.79 Å². The summed E-state index contributed by atoms with van der Waals surface area (Å²) in [7, 11) is 1.67. The van der Waals surface area contributed by atoms with E-state index >= 15 is 0 Å². The summed E-state index contributed by atoms with van der Waals surface area (Å²) in [4.78, 5) is 36.1. The summed E-state index contributed by atoms with van der Waals surface area (Å²) >= 11 is 0. The van der Waals surface area contributed by atoms with E-state index in [0.717, 1.165) is 43.0 Å². The molecular formula is C19H26N6O2. The summed E-state index contributed by atoms with van der Waals surface area (Å²) in [6, 6.07) is 0. The van der Waals surface area contributed by atoms with Gasteiger partial charge in [0.05, 0.1) is 11.3 Å². The molecule has 8 heteroatoms. The van der Waals surface area contributed by atoms with Crippen molar-refractivity contribution >= 4 is 5.91 Å². The van der Waals surface area contributed by atoms with E-state index in [1.165, 1.54) is 4.68 Å². The number of hydrogen-bond acceptors (Lipinski definition) is 5. The number of nitrogens with zero attached hydrogens (tertiary/aromatic N) is 6. The number of hydrogen-bond donors (Lipinski definition) is 0. The van der Waals surface area contributed by atoms with E-state index in [2.05, 4.69) is 15.1 Å². The van der Waals surface area contributed by atoms with Crippen molar-refractivity contribution in [3.8, 4) is 0 Å². The molecule has 1 saturated carbocycles. The van der Waals surface area contributed by atoms with Crippen LogP contribution in [0, 0.1) is 6.92 Å². The Morgan fingerprint density at radius 1 is 1.26 bits per heavy atom. The second kappa shape index (κ2) is 6.90. The molecule has 1 saturated heterocycles. The molecule has 1 aliphatic carbocycles. The van der Waals surface area contributed by atoms with Gasteiger partial charge in [-0.1, -0.05) is 0 Å². The highest BCUT2D eigenvalue weighted by Crippen LogP contribution is 2.38. The number of aromatic nitrogens is 5. The first-order valence-electron chi connectivity index (χ1n) is 9.76. The van der Waals surface area contributed by atoms with Crippen molar-refractivity contribution in [2.45, 2.75) is 57.9 Å². The van der Waals surface area contributed by atoms with Gasteiger partial charge in [0.1, 0.15) is 11.6 Å². The number of rotatable bonds is 4. The zero-order chi connectivity index (χ0) is 19.1. The van der Waals surface area contributed by atoms with Gasteiger partial charge in [-0.2, -0.15) is 5.10 Å². The summed E-state index contributed by atoms with van der Waals surface area (Å²) < 4.78 is 3.09. The minimum Gasteiger partial charge on any atom is -0.338 e. The Balaban J connectivity index is 1.55. The molecule has 0 aromatic carbocycles. The standard InChI is InChI=1S/C19H26N6O2/c1-4-25-17(22-23(3)19(25)27)14-6-5-9-24(11-14)18(26)15-10-20-16(13-7-8-13)21-12(15)2/h10,13-14H,4-9,11H2,1-3H3/t14-/m0/s1. The Labute approximate surface area is 158 Å². The van der Waals surface area contributed by atoms with E-state index in [9.17, 15) is 9.59 Å². The largest absolute Gasteiger partial charge is 0.345 e. The van der Waals surface area contributed by atoms with Crippen molar-refractivity contribution in [3.63, 3.8) is 0 Å². The molecule has 0 radical (unpaired) electrons. The number of likely N-dealkylation sites (tertiary alicyclic amines) is 1. The predicted molar refractivity (Wildman–Crippen MR) is 99.8 cm³/mol. The van der Waals surface area contributed by atoms with Gasteiger partial charge >= 0.3 is 5.69 Å². The average Bonchev–Trinajstić information content (AvgIpc) is 3.48.